The molecular weight excluding hydrogens is 294 g/mol. The van der Waals surface area contributed by atoms with Gasteiger partial charge < -0.3 is 9.73 Å². The van der Waals surface area contributed by atoms with E-state index in [4.69, 9.17) is 4.42 Å². The highest BCUT2D eigenvalue weighted by Crippen LogP contribution is 2.23. The second kappa shape index (κ2) is 6.85. The maximum Gasteiger partial charge on any atom is 0.211 e. The molecule has 0 aliphatic heterocycles. The molecule has 1 aromatic carbocycles. The standard InChI is InChI=1S/C17H19N3OS/c1-3-16-20-14(11-22-16)9-18-12(2)17-19-10-15(21-17)13-7-5-4-6-8-13/h4-8,10-12,18H,3,9H2,1-2H3. The second-order valence-electron chi connectivity index (χ2n) is 5.12. The van der Waals surface area contributed by atoms with Crippen LogP contribution in [0, 0.1) is 0 Å². The Kier molecular flexibility index (Phi) is 4.65. The number of nitrogens with zero attached hydrogens (tertiary/aromatic N) is 2. The van der Waals surface area contributed by atoms with Crippen molar-refractivity contribution >= 4 is 11.3 Å². The molecule has 0 aliphatic rings. The van der Waals surface area contributed by atoms with E-state index in [-0.39, 0.29) is 6.04 Å². The Balaban J connectivity index is 1.63. The predicted octanol–water partition coefficient (Wildman–Crippen LogP) is 4.21. The fourth-order valence-electron chi connectivity index (χ4n) is 2.16. The van der Waals surface area contributed by atoms with Crippen molar-refractivity contribution in [2.24, 2.45) is 0 Å². The van der Waals surface area contributed by atoms with Crippen molar-refractivity contribution < 1.29 is 4.42 Å². The van der Waals surface area contributed by atoms with Gasteiger partial charge in [-0.3, -0.25) is 0 Å². The minimum Gasteiger partial charge on any atom is -0.439 e. The molecule has 0 amide bonds. The number of thiazole rings is 1. The summed E-state index contributed by atoms with van der Waals surface area (Å²) in [6, 6.07) is 10.1. The Hall–Kier alpha value is -1.98. The van der Waals surface area contributed by atoms with E-state index in [0.29, 0.717) is 5.89 Å². The molecule has 0 spiro atoms. The molecule has 2 heterocycles. The van der Waals surface area contributed by atoms with Gasteiger partial charge in [-0.25, -0.2) is 9.97 Å². The zero-order valence-electron chi connectivity index (χ0n) is 12.7. The third kappa shape index (κ3) is 3.43. The maximum atomic E-state index is 5.85. The molecule has 0 aliphatic carbocycles. The van der Waals surface area contributed by atoms with Crippen LogP contribution in [0.1, 0.15) is 36.5 Å². The average Bonchev–Trinajstić information content (AvgIpc) is 3.22. The predicted molar refractivity (Wildman–Crippen MR) is 88.7 cm³/mol. The number of nitrogens with one attached hydrogen (secondary N) is 1. The fourth-order valence-corrected chi connectivity index (χ4v) is 2.91. The van der Waals surface area contributed by atoms with Crippen molar-refractivity contribution in [2.45, 2.75) is 32.9 Å². The molecule has 1 N–H and O–H groups in total. The van der Waals surface area contributed by atoms with Crippen LogP contribution in [-0.2, 0) is 13.0 Å². The molecule has 1 atom stereocenters. The zero-order valence-corrected chi connectivity index (χ0v) is 13.6. The van der Waals surface area contributed by atoms with Gasteiger partial charge >= 0.3 is 0 Å². The van der Waals surface area contributed by atoms with E-state index >= 15 is 0 Å². The van der Waals surface area contributed by atoms with E-state index in [9.17, 15) is 0 Å². The zero-order chi connectivity index (χ0) is 15.4. The van der Waals surface area contributed by atoms with Crippen molar-refractivity contribution in [3.8, 4) is 11.3 Å². The number of benzene rings is 1. The van der Waals surface area contributed by atoms with Crippen LogP contribution in [-0.4, -0.2) is 9.97 Å². The van der Waals surface area contributed by atoms with Crippen molar-refractivity contribution in [3.63, 3.8) is 0 Å². The lowest BCUT2D eigenvalue weighted by molar-refractivity contribution is 0.420. The molecule has 0 saturated carbocycles. The first kappa shape index (κ1) is 14.9. The van der Waals surface area contributed by atoms with Crippen molar-refractivity contribution in [1.29, 1.82) is 0 Å². The Morgan fingerprint density at radius 3 is 2.82 bits per heavy atom. The van der Waals surface area contributed by atoms with Gasteiger partial charge in [-0.2, -0.15) is 0 Å². The first-order valence-electron chi connectivity index (χ1n) is 7.44. The summed E-state index contributed by atoms with van der Waals surface area (Å²) in [5.74, 6) is 1.50. The highest BCUT2D eigenvalue weighted by Gasteiger charge is 2.13. The minimum atomic E-state index is 0.0456. The van der Waals surface area contributed by atoms with E-state index < -0.39 is 0 Å². The molecule has 1 unspecified atom stereocenters. The number of hydrogen-bond acceptors (Lipinski definition) is 5. The number of aromatic nitrogens is 2. The second-order valence-corrected chi connectivity index (χ2v) is 6.06. The molecule has 5 heteroatoms. The summed E-state index contributed by atoms with van der Waals surface area (Å²) in [4.78, 5) is 8.93. The Morgan fingerprint density at radius 1 is 1.27 bits per heavy atom. The Bertz CT molecular complexity index is 720. The van der Waals surface area contributed by atoms with Gasteiger partial charge in [0.05, 0.1) is 22.9 Å². The van der Waals surface area contributed by atoms with E-state index in [1.165, 1.54) is 5.01 Å². The van der Waals surface area contributed by atoms with Crippen LogP contribution < -0.4 is 5.32 Å². The van der Waals surface area contributed by atoms with E-state index in [2.05, 4.69) is 27.6 Å². The van der Waals surface area contributed by atoms with Crippen molar-refractivity contribution in [3.05, 3.63) is 58.5 Å². The smallest absolute Gasteiger partial charge is 0.211 e. The van der Waals surface area contributed by atoms with Gasteiger partial charge in [-0.15, -0.1) is 11.3 Å². The first-order chi connectivity index (χ1) is 10.8. The fraction of sp³-hybridized carbons (Fsp3) is 0.294. The summed E-state index contributed by atoms with van der Waals surface area (Å²) in [6.07, 6.45) is 2.77. The molecule has 0 bridgehead atoms. The molecule has 3 aromatic rings. The van der Waals surface area contributed by atoms with E-state index in [0.717, 1.165) is 30.0 Å². The van der Waals surface area contributed by atoms with Crippen LogP contribution >= 0.6 is 11.3 Å². The number of rotatable bonds is 6. The van der Waals surface area contributed by atoms with Crippen LogP contribution in [0.25, 0.3) is 11.3 Å². The molecule has 3 rings (SSSR count). The van der Waals surface area contributed by atoms with Gasteiger partial charge in [0, 0.05) is 17.5 Å². The molecular formula is C17H19N3OS. The van der Waals surface area contributed by atoms with Gasteiger partial charge in [0.25, 0.3) is 0 Å². The molecule has 114 valence electrons. The lowest BCUT2D eigenvalue weighted by Gasteiger charge is -2.08. The van der Waals surface area contributed by atoms with Crippen LogP contribution in [0.2, 0.25) is 0 Å². The van der Waals surface area contributed by atoms with Crippen LogP contribution in [0.3, 0.4) is 0 Å². The lowest BCUT2D eigenvalue weighted by atomic mass is 10.2. The number of aryl methyl sites for hydroxylation is 1. The topological polar surface area (TPSA) is 51.0 Å². The van der Waals surface area contributed by atoms with Crippen LogP contribution in [0.15, 0.2) is 46.3 Å². The molecule has 2 aromatic heterocycles. The summed E-state index contributed by atoms with van der Waals surface area (Å²) < 4.78 is 5.85. The molecule has 0 radical (unpaired) electrons. The molecule has 22 heavy (non-hydrogen) atoms. The molecule has 4 nitrogen and oxygen atoms in total. The Morgan fingerprint density at radius 2 is 2.09 bits per heavy atom. The van der Waals surface area contributed by atoms with E-state index in [1.54, 1.807) is 17.5 Å². The van der Waals surface area contributed by atoms with Gasteiger partial charge in [-0.1, -0.05) is 37.3 Å². The molecule has 0 fully saturated rings. The van der Waals surface area contributed by atoms with Gasteiger partial charge in [0.15, 0.2) is 5.76 Å². The van der Waals surface area contributed by atoms with Gasteiger partial charge in [0.1, 0.15) is 0 Å². The minimum absolute atomic E-state index is 0.0456. The third-order valence-electron chi connectivity index (χ3n) is 3.44. The SMILES string of the molecule is CCc1nc(CNC(C)c2ncc(-c3ccccc3)o2)cs1. The van der Waals surface area contributed by atoms with E-state index in [1.807, 2.05) is 37.3 Å². The summed E-state index contributed by atoms with van der Waals surface area (Å²) in [5.41, 5.74) is 2.11. The van der Waals surface area contributed by atoms with Gasteiger partial charge in [0.2, 0.25) is 5.89 Å². The highest BCUT2D eigenvalue weighted by molar-refractivity contribution is 7.09. The summed E-state index contributed by atoms with van der Waals surface area (Å²) in [6.45, 7) is 4.89. The monoisotopic (exact) mass is 313 g/mol. The third-order valence-corrected chi connectivity index (χ3v) is 4.49. The van der Waals surface area contributed by atoms with Crippen LogP contribution in [0.5, 0.6) is 0 Å². The van der Waals surface area contributed by atoms with Crippen molar-refractivity contribution in [2.75, 3.05) is 0 Å². The molecule has 0 saturated heterocycles. The summed E-state index contributed by atoms with van der Waals surface area (Å²) >= 11 is 1.71. The summed E-state index contributed by atoms with van der Waals surface area (Å²) in [7, 11) is 0. The van der Waals surface area contributed by atoms with Crippen LogP contribution in [0.4, 0.5) is 0 Å². The summed E-state index contributed by atoms with van der Waals surface area (Å²) in [5, 5.41) is 6.68. The quantitative estimate of drug-likeness (QED) is 0.740. The van der Waals surface area contributed by atoms with Crippen molar-refractivity contribution in [1.82, 2.24) is 15.3 Å². The lowest BCUT2D eigenvalue weighted by Crippen LogP contribution is -2.18. The normalized spacial score (nSPS) is 12.5. The first-order valence-corrected chi connectivity index (χ1v) is 8.32. The van der Waals surface area contributed by atoms with Gasteiger partial charge in [-0.05, 0) is 13.3 Å². The maximum absolute atomic E-state index is 5.85. The highest BCUT2D eigenvalue weighted by atomic mass is 32.1. The number of hydrogen-bond donors (Lipinski definition) is 1. The number of oxazole rings is 1. The average molecular weight is 313 g/mol. The Labute approximate surface area is 134 Å². The largest absolute Gasteiger partial charge is 0.439 e.